The van der Waals surface area contributed by atoms with E-state index in [1.165, 1.54) is 19.3 Å². The van der Waals surface area contributed by atoms with Gasteiger partial charge in [-0.2, -0.15) is 0 Å². The van der Waals surface area contributed by atoms with Gasteiger partial charge in [0.05, 0.1) is 6.10 Å². The number of carbonyl (C=O) groups excluding carboxylic acids is 1. The molecule has 0 aliphatic heterocycles. The van der Waals surface area contributed by atoms with Gasteiger partial charge in [0.15, 0.2) is 0 Å². The minimum Gasteiger partial charge on any atom is -0.378 e. The highest BCUT2D eigenvalue weighted by atomic mass is 16.5. The molecule has 2 aliphatic rings. The molecule has 2 unspecified atom stereocenters. The second kappa shape index (κ2) is 6.41. The molecule has 2 saturated carbocycles. The van der Waals surface area contributed by atoms with E-state index in [-0.39, 0.29) is 17.4 Å². The Morgan fingerprint density at radius 2 is 2.20 bits per heavy atom. The van der Waals surface area contributed by atoms with Gasteiger partial charge >= 0.3 is 0 Å². The zero-order valence-electron chi connectivity index (χ0n) is 15.0. The monoisotopic (exact) mass is 342 g/mol. The van der Waals surface area contributed by atoms with Crippen LogP contribution in [0.1, 0.15) is 55.9 Å². The molecule has 0 saturated heterocycles. The van der Waals surface area contributed by atoms with Crippen LogP contribution in [-0.2, 0) is 4.74 Å². The summed E-state index contributed by atoms with van der Waals surface area (Å²) >= 11 is 0. The van der Waals surface area contributed by atoms with E-state index >= 15 is 0 Å². The quantitative estimate of drug-likeness (QED) is 0.857. The molecule has 6 heteroatoms. The van der Waals surface area contributed by atoms with Gasteiger partial charge in [-0.3, -0.25) is 9.20 Å². The molecule has 6 nitrogen and oxygen atoms in total. The zero-order valence-corrected chi connectivity index (χ0v) is 15.0. The molecule has 2 aromatic rings. The highest BCUT2D eigenvalue weighted by Gasteiger charge is 2.57. The maximum atomic E-state index is 13.0. The van der Waals surface area contributed by atoms with Crippen molar-refractivity contribution in [1.29, 1.82) is 0 Å². The van der Waals surface area contributed by atoms with Gasteiger partial charge in [0.25, 0.3) is 5.91 Å². The smallest absolute Gasteiger partial charge is 0.274 e. The van der Waals surface area contributed by atoms with Crippen molar-refractivity contribution < 1.29 is 9.53 Å². The Morgan fingerprint density at radius 3 is 2.92 bits per heavy atom. The first-order valence-corrected chi connectivity index (χ1v) is 9.34. The van der Waals surface area contributed by atoms with Crippen molar-refractivity contribution in [3.63, 3.8) is 0 Å². The van der Waals surface area contributed by atoms with Crippen molar-refractivity contribution >= 4 is 11.7 Å². The average molecular weight is 342 g/mol. The number of ether oxygens (including phenoxy) is 1. The second-order valence-corrected chi connectivity index (χ2v) is 7.36. The summed E-state index contributed by atoms with van der Waals surface area (Å²) < 4.78 is 7.81. The normalized spacial score (nSPS) is 25.0. The molecule has 2 aliphatic carbocycles. The van der Waals surface area contributed by atoms with Gasteiger partial charge in [-0.25, -0.2) is 9.97 Å². The first-order chi connectivity index (χ1) is 12.2. The first kappa shape index (κ1) is 16.5. The number of carbonyl (C=O) groups is 1. The fourth-order valence-electron chi connectivity index (χ4n) is 4.83. The fraction of sp³-hybridized carbons (Fsp3) is 0.632. The SMILES string of the molecule is CCOC1CC(N(C)C(=O)c2cn3cccnc3n2)C12CCCCC2. The average Bonchev–Trinajstić information content (AvgIpc) is 3.08. The summed E-state index contributed by atoms with van der Waals surface area (Å²) in [4.78, 5) is 23.5. The van der Waals surface area contributed by atoms with Gasteiger partial charge in [0.1, 0.15) is 5.69 Å². The minimum atomic E-state index is -0.0182. The number of fused-ring (bicyclic) bond motifs is 1. The molecule has 0 bridgehead atoms. The predicted molar refractivity (Wildman–Crippen MR) is 94.4 cm³/mol. The fourth-order valence-corrected chi connectivity index (χ4v) is 4.83. The molecule has 4 rings (SSSR count). The van der Waals surface area contributed by atoms with E-state index < -0.39 is 0 Å². The Balaban J connectivity index is 1.56. The minimum absolute atomic E-state index is 0.0182. The van der Waals surface area contributed by atoms with Crippen LogP contribution < -0.4 is 0 Å². The number of rotatable bonds is 4. The first-order valence-electron chi connectivity index (χ1n) is 9.34. The van der Waals surface area contributed by atoms with Gasteiger partial charge < -0.3 is 9.64 Å². The van der Waals surface area contributed by atoms with E-state index in [9.17, 15) is 4.79 Å². The Hall–Kier alpha value is -1.95. The molecule has 1 amide bonds. The number of aromatic nitrogens is 3. The summed E-state index contributed by atoms with van der Waals surface area (Å²) in [6, 6.07) is 2.08. The molecule has 0 radical (unpaired) electrons. The summed E-state index contributed by atoms with van der Waals surface area (Å²) in [5.74, 6) is 0.544. The van der Waals surface area contributed by atoms with E-state index in [4.69, 9.17) is 4.74 Å². The van der Waals surface area contributed by atoms with Gasteiger partial charge in [0, 0.05) is 43.7 Å². The van der Waals surface area contributed by atoms with Crippen LogP contribution >= 0.6 is 0 Å². The maximum absolute atomic E-state index is 13.0. The number of nitrogens with zero attached hydrogens (tertiary/aromatic N) is 4. The molecule has 2 aromatic heterocycles. The number of hydrogen-bond acceptors (Lipinski definition) is 4. The number of imidazole rings is 1. The van der Waals surface area contributed by atoms with Crippen LogP contribution in [0.2, 0.25) is 0 Å². The Bertz CT molecular complexity index is 733. The predicted octanol–water partition coefficient (Wildman–Crippen LogP) is 2.93. The molecular formula is C19H26N4O2. The molecule has 25 heavy (non-hydrogen) atoms. The van der Waals surface area contributed by atoms with E-state index in [2.05, 4.69) is 16.9 Å². The van der Waals surface area contributed by atoms with E-state index in [0.29, 0.717) is 17.6 Å². The molecule has 134 valence electrons. The van der Waals surface area contributed by atoms with Gasteiger partial charge in [0.2, 0.25) is 5.78 Å². The highest BCUT2D eigenvalue weighted by molar-refractivity contribution is 5.93. The highest BCUT2D eigenvalue weighted by Crippen LogP contribution is 2.55. The Labute approximate surface area is 148 Å². The standard InChI is InChI=1S/C19H26N4O2/c1-3-25-16-12-15(19(16)8-5-4-6-9-19)22(2)17(24)14-13-23-11-7-10-20-18(23)21-14/h7,10-11,13,15-16H,3-6,8-9,12H2,1-2H3. The summed E-state index contributed by atoms with van der Waals surface area (Å²) in [6.07, 6.45) is 12.6. The van der Waals surface area contributed by atoms with Crippen molar-refractivity contribution in [2.75, 3.05) is 13.7 Å². The van der Waals surface area contributed by atoms with Crippen LogP contribution in [0.25, 0.3) is 5.78 Å². The summed E-state index contributed by atoms with van der Waals surface area (Å²) in [6.45, 7) is 2.80. The van der Waals surface area contributed by atoms with Crippen molar-refractivity contribution in [2.24, 2.45) is 5.41 Å². The lowest BCUT2D eigenvalue weighted by Gasteiger charge is -2.60. The second-order valence-electron chi connectivity index (χ2n) is 7.36. The van der Waals surface area contributed by atoms with Crippen LogP contribution in [0, 0.1) is 5.41 Å². The van der Waals surface area contributed by atoms with Crippen LogP contribution in [-0.4, -0.2) is 51.0 Å². The van der Waals surface area contributed by atoms with Gasteiger partial charge in [-0.05, 0) is 32.3 Å². The molecule has 0 aromatic carbocycles. The van der Waals surface area contributed by atoms with Gasteiger partial charge in [-0.1, -0.05) is 19.3 Å². The molecule has 1 spiro atoms. The lowest BCUT2D eigenvalue weighted by molar-refractivity contribution is -0.170. The van der Waals surface area contributed by atoms with Crippen molar-refractivity contribution in [2.45, 2.75) is 57.6 Å². The van der Waals surface area contributed by atoms with Crippen LogP contribution in [0.5, 0.6) is 0 Å². The van der Waals surface area contributed by atoms with Crippen LogP contribution in [0.15, 0.2) is 24.7 Å². The largest absolute Gasteiger partial charge is 0.378 e. The van der Waals surface area contributed by atoms with Crippen LogP contribution in [0.3, 0.4) is 0 Å². The Morgan fingerprint density at radius 1 is 1.40 bits per heavy atom. The van der Waals surface area contributed by atoms with E-state index in [0.717, 1.165) is 25.9 Å². The van der Waals surface area contributed by atoms with E-state index in [1.54, 1.807) is 16.8 Å². The van der Waals surface area contributed by atoms with E-state index in [1.807, 2.05) is 24.2 Å². The maximum Gasteiger partial charge on any atom is 0.274 e. The molecular weight excluding hydrogens is 316 g/mol. The molecule has 2 fully saturated rings. The third kappa shape index (κ3) is 2.63. The number of hydrogen-bond donors (Lipinski definition) is 0. The van der Waals surface area contributed by atoms with Crippen molar-refractivity contribution in [3.05, 3.63) is 30.4 Å². The number of amides is 1. The Kier molecular flexibility index (Phi) is 4.23. The van der Waals surface area contributed by atoms with Crippen molar-refractivity contribution in [3.8, 4) is 0 Å². The van der Waals surface area contributed by atoms with Crippen LogP contribution in [0.4, 0.5) is 0 Å². The summed E-state index contributed by atoms with van der Waals surface area (Å²) in [5, 5.41) is 0. The van der Waals surface area contributed by atoms with Crippen molar-refractivity contribution in [1.82, 2.24) is 19.3 Å². The molecule has 2 atom stereocenters. The molecule has 0 N–H and O–H groups in total. The zero-order chi connectivity index (χ0) is 17.4. The van der Waals surface area contributed by atoms with Gasteiger partial charge in [-0.15, -0.1) is 0 Å². The lowest BCUT2D eigenvalue weighted by Crippen LogP contribution is -2.65. The lowest BCUT2D eigenvalue weighted by atomic mass is 9.54. The summed E-state index contributed by atoms with van der Waals surface area (Å²) in [5.41, 5.74) is 0.600. The summed E-state index contributed by atoms with van der Waals surface area (Å²) in [7, 11) is 1.92. The molecule has 2 heterocycles. The third-order valence-electron chi connectivity index (χ3n) is 6.14. The topological polar surface area (TPSA) is 59.7 Å². The third-order valence-corrected chi connectivity index (χ3v) is 6.14.